The fraction of sp³-hybridized carbons (Fsp3) is 0.0625. The number of alkyl halides is 3. The molecule has 0 fully saturated rings. The van der Waals surface area contributed by atoms with Crippen LogP contribution in [0.4, 0.5) is 13.2 Å². The van der Waals surface area contributed by atoms with Gasteiger partial charge in [-0.1, -0.05) is 23.7 Å². The van der Waals surface area contributed by atoms with Gasteiger partial charge in [-0.3, -0.25) is 0 Å². The van der Waals surface area contributed by atoms with Crippen molar-refractivity contribution in [2.24, 2.45) is 0 Å². The molecule has 1 heterocycles. The Bertz CT molecular complexity index is 761. The van der Waals surface area contributed by atoms with Crippen molar-refractivity contribution in [2.75, 3.05) is 0 Å². The molecule has 118 valence electrons. The summed E-state index contributed by atoms with van der Waals surface area (Å²) in [5.41, 5.74) is 0.494. The van der Waals surface area contributed by atoms with E-state index < -0.39 is 11.9 Å². The van der Waals surface area contributed by atoms with Crippen molar-refractivity contribution in [1.82, 2.24) is 9.78 Å². The van der Waals surface area contributed by atoms with Crippen LogP contribution in [-0.2, 0) is 6.18 Å². The largest absolute Gasteiger partial charge is 0.435 e. The van der Waals surface area contributed by atoms with Crippen LogP contribution in [0.2, 0.25) is 5.02 Å². The van der Waals surface area contributed by atoms with E-state index in [1.54, 1.807) is 48.5 Å². The molecule has 0 amide bonds. The third kappa shape index (κ3) is 3.38. The summed E-state index contributed by atoms with van der Waals surface area (Å²) in [4.78, 5) is 0.713. The molecule has 0 aliphatic rings. The van der Waals surface area contributed by atoms with Gasteiger partial charge in [0.2, 0.25) is 0 Å². The van der Waals surface area contributed by atoms with Crippen LogP contribution < -0.4 is 0 Å². The zero-order valence-corrected chi connectivity index (χ0v) is 13.2. The minimum atomic E-state index is -4.52. The topological polar surface area (TPSA) is 17.8 Å². The lowest BCUT2D eigenvalue weighted by Crippen LogP contribution is -2.07. The summed E-state index contributed by atoms with van der Waals surface area (Å²) in [7, 11) is 0. The molecule has 23 heavy (non-hydrogen) atoms. The predicted molar refractivity (Wildman–Crippen MR) is 86.3 cm³/mol. The summed E-state index contributed by atoms with van der Waals surface area (Å²) < 4.78 is 40.4. The number of hydrogen-bond donors (Lipinski definition) is 1. The second-order valence-electron chi connectivity index (χ2n) is 4.85. The first-order valence-electron chi connectivity index (χ1n) is 6.57. The van der Waals surface area contributed by atoms with Gasteiger partial charge in [0.15, 0.2) is 5.69 Å². The molecule has 3 aromatic rings. The summed E-state index contributed by atoms with van der Waals surface area (Å²) in [5.74, 6) is 0. The van der Waals surface area contributed by atoms with Crippen molar-refractivity contribution in [3.05, 3.63) is 65.3 Å². The number of aromatic nitrogens is 2. The second kappa shape index (κ2) is 5.94. The smallest absolute Gasteiger partial charge is 0.233 e. The molecule has 2 nitrogen and oxygen atoms in total. The molecule has 0 N–H and O–H groups in total. The average molecular weight is 355 g/mol. The highest BCUT2D eigenvalue weighted by atomic mass is 35.5. The Morgan fingerprint density at radius 2 is 1.57 bits per heavy atom. The summed E-state index contributed by atoms with van der Waals surface area (Å²) in [6.45, 7) is 0. The molecule has 0 saturated carbocycles. The first-order valence-corrected chi connectivity index (χ1v) is 7.40. The lowest BCUT2D eigenvalue weighted by molar-refractivity contribution is -0.141. The van der Waals surface area contributed by atoms with Crippen LogP contribution in [0.15, 0.2) is 59.5 Å². The maximum absolute atomic E-state index is 13.0. The zero-order chi connectivity index (χ0) is 16.6. The van der Waals surface area contributed by atoms with Gasteiger partial charge in [-0.15, -0.1) is 12.6 Å². The van der Waals surface area contributed by atoms with Crippen LogP contribution >= 0.6 is 24.2 Å². The van der Waals surface area contributed by atoms with Crippen LogP contribution in [0, 0.1) is 0 Å². The monoisotopic (exact) mass is 354 g/mol. The number of halogens is 4. The molecule has 0 aliphatic heterocycles. The average Bonchev–Trinajstić information content (AvgIpc) is 2.94. The normalized spacial score (nSPS) is 11.7. The lowest BCUT2D eigenvalue weighted by atomic mass is 10.1. The number of benzene rings is 2. The molecule has 0 unspecified atom stereocenters. The van der Waals surface area contributed by atoms with Crippen molar-refractivity contribution < 1.29 is 13.2 Å². The zero-order valence-electron chi connectivity index (χ0n) is 11.5. The van der Waals surface area contributed by atoms with Gasteiger partial charge in [0.1, 0.15) is 0 Å². The van der Waals surface area contributed by atoms with Crippen molar-refractivity contribution in [1.29, 1.82) is 0 Å². The van der Waals surface area contributed by atoms with Gasteiger partial charge in [-0.2, -0.15) is 18.3 Å². The third-order valence-electron chi connectivity index (χ3n) is 3.23. The molecule has 0 saturated heterocycles. The van der Waals surface area contributed by atoms with Gasteiger partial charge in [-0.25, -0.2) is 4.68 Å². The Kier molecular flexibility index (Phi) is 4.12. The van der Waals surface area contributed by atoms with Crippen molar-refractivity contribution in [3.8, 4) is 16.9 Å². The third-order valence-corrected chi connectivity index (χ3v) is 3.78. The molecule has 7 heteroatoms. The minimum Gasteiger partial charge on any atom is -0.233 e. The van der Waals surface area contributed by atoms with E-state index >= 15 is 0 Å². The highest BCUT2D eigenvalue weighted by Gasteiger charge is 2.35. The molecule has 0 aliphatic carbocycles. The Morgan fingerprint density at radius 3 is 2.13 bits per heavy atom. The Hall–Kier alpha value is -1.92. The van der Waals surface area contributed by atoms with Crippen LogP contribution in [0.25, 0.3) is 16.9 Å². The highest BCUT2D eigenvalue weighted by molar-refractivity contribution is 7.80. The Labute approximate surface area is 140 Å². The molecular formula is C16H10ClF3N2S. The van der Waals surface area contributed by atoms with E-state index in [1.807, 2.05) is 0 Å². The molecule has 0 radical (unpaired) electrons. The van der Waals surface area contributed by atoms with Crippen molar-refractivity contribution in [3.63, 3.8) is 0 Å². The van der Waals surface area contributed by atoms with Gasteiger partial charge >= 0.3 is 6.18 Å². The van der Waals surface area contributed by atoms with Gasteiger partial charge in [-0.05, 0) is 42.5 Å². The van der Waals surface area contributed by atoms with Gasteiger partial charge in [0.05, 0.1) is 11.4 Å². The van der Waals surface area contributed by atoms with Crippen molar-refractivity contribution in [2.45, 2.75) is 11.1 Å². The van der Waals surface area contributed by atoms with E-state index in [1.165, 1.54) is 4.68 Å². The molecule has 0 bridgehead atoms. The van der Waals surface area contributed by atoms with E-state index in [4.69, 9.17) is 11.6 Å². The quantitative estimate of drug-likeness (QED) is 0.601. The Balaban J connectivity index is 2.18. The summed E-state index contributed by atoms with van der Waals surface area (Å²) in [6, 6.07) is 14.3. The van der Waals surface area contributed by atoms with E-state index in [2.05, 4.69) is 17.7 Å². The maximum atomic E-state index is 13.0. The summed E-state index contributed by atoms with van der Waals surface area (Å²) >= 11 is 10.0. The number of rotatable bonds is 2. The standard InChI is InChI=1S/C16H10ClF3N2S/c17-11-3-1-10(2-4-11)14-9-15(16(18,19)20)21-22(14)12-5-7-13(23)8-6-12/h1-9,23H. The van der Waals surface area contributed by atoms with Crippen LogP contribution in [-0.4, -0.2) is 9.78 Å². The Morgan fingerprint density at radius 1 is 0.957 bits per heavy atom. The first kappa shape index (κ1) is 16.0. The molecule has 0 atom stereocenters. The van der Waals surface area contributed by atoms with Crippen LogP contribution in [0.3, 0.4) is 0 Å². The van der Waals surface area contributed by atoms with E-state index in [9.17, 15) is 13.2 Å². The molecule has 1 aromatic heterocycles. The SMILES string of the molecule is FC(F)(F)c1cc(-c2ccc(Cl)cc2)n(-c2ccc(S)cc2)n1. The van der Waals surface area contributed by atoms with Crippen LogP contribution in [0.1, 0.15) is 5.69 Å². The first-order chi connectivity index (χ1) is 10.8. The molecule has 0 spiro atoms. The lowest BCUT2D eigenvalue weighted by Gasteiger charge is -2.08. The highest BCUT2D eigenvalue weighted by Crippen LogP contribution is 2.33. The van der Waals surface area contributed by atoms with E-state index in [0.29, 0.717) is 26.9 Å². The fourth-order valence-corrected chi connectivity index (χ4v) is 2.41. The number of thiol groups is 1. The predicted octanol–water partition coefficient (Wildman–Crippen LogP) is 5.50. The molecule has 3 rings (SSSR count). The van der Waals surface area contributed by atoms with Crippen molar-refractivity contribution >= 4 is 24.2 Å². The fourth-order valence-electron chi connectivity index (χ4n) is 2.14. The summed E-state index contributed by atoms with van der Waals surface area (Å²) in [6.07, 6.45) is -4.52. The van der Waals surface area contributed by atoms with Gasteiger partial charge in [0, 0.05) is 15.5 Å². The molecular weight excluding hydrogens is 345 g/mol. The van der Waals surface area contributed by atoms with Gasteiger partial charge in [0.25, 0.3) is 0 Å². The maximum Gasteiger partial charge on any atom is 0.435 e. The summed E-state index contributed by atoms with van der Waals surface area (Å²) in [5, 5.41) is 4.22. The van der Waals surface area contributed by atoms with E-state index in [0.717, 1.165) is 6.07 Å². The van der Waals surface area contributed by atoms with Gasteiger partial charge < -0.3 is 0 Å². The minimum absolute atomic E-state index is 0.334. The number of nitrogens with zero attached hydrogens (tertiary/aromatic N) is 2. The van der Waals surface area contributed by atoms with E-state index in [-0.39, 0.29) is 0 Å². The number of hydrogen-bond acceptors (Lipinski definition) is 2. The molecule has 2 aromatic carbocycles. The second-order valence-corrected chi connectivity index (χ2v) is 5.80. The van der Waals surface area contributed by atoms with Crippen LogP contribution in [0.5, 0.6) is 0 Å².